The van der Waals surface area contributed by atoms with Crippen molar-refractivity contribution in [2.75, 3.05) is 18.0 Å². The summed E-state index contributed by atoms with van der Waals surface area (Å²) in [6, 6.07) is 3.49. The predicted octanol–water partition coefficient (Wildman–Crippen LogP) is 3.55. The fourth-order valence-electron chi connectivity index (χ4n) is 2.93. The first-order valence-corrected chi connectivity index (χ1v) is 8.59. The highest BCUT2D eigenvalue weighted by Gasteiger charge is 2.27. The molecule has 5 heteroatoms. The molecule has 0 bridgehead atoms. The Morgan fingerprint density at radius 2 is 1.71 bits per heavy atom. The lowest BCUT2D eigenvalue weighted by atomic mass is 10.1. The maximum Gasteiger partial charge on any atom is 0.149 e. The van der Waals surface area contributed by atoms with Crippen molar-refractivity contribution in [1.29, 1.82) is 0 Å². The third-order valence-corrected chi connectivity index (χ3v) is 5.21. The van der Waals surface area contributed by atoms with Gasteiger partial charge in [0.25, 0.3) is 0 Å². The molecule has 1 N–H and O–H groups in total. The molecule has 0 radical (unpaired) electrons. The van der Waals surface area contributed by atoms with Crippen LogP contribution in [0.5, 0.6) is 0 Å². The SMILES string of the molecule is CC1CN(c2c(F)cc(CNC3CC3)cc2F)CC(C)S1. The summed E-state index contributed by atoms with van der Waals surface area (Å²) in [5.41, 5.74) is 0.831. The molecule has 2 unspecified atom stereocenters. The molecule has 0 aromatic heterocycles. The number of halogens is 2. The number of hydrogen-bond acceptors (Lipinski definition) is 3. The molecular formula is C16H22F2N2S. The third kappa shape index (κ3) is 3.69. The van der Waals surface area contributed by atoms with Crippen molar-refractivity contribution in [3.8, 4) is 0 Å². The van der Waals surface area contributed by atoms with Crippen molar-refractivity contribution in [1.82, 2.24) is 5.32 Å². The summed E-state index contributed by atoms with van der Waals surface area (Å²) in [5.74, 6) is -0.872. The topological polar surface area (TPSA) is 15.3 Å². The van der Waals surface area contributed by atoms with Crippen molar-refractivity contribution < 1.29 is 8.78 Å². The number of nitrogens with zero attached hydrogens (tertiary/aromatic N) is 1. The van der Waals surface area contributed by atoms with Gasteiger partial charge in [0.2, 0.25) is 0 Å². The molecule has 1 aliphatic carbocycles. The van der Waals surface area contributed by atoms with Crippen LogP contribution in [0.4, 0.5) is 14.5 Å². The van der Waals surface area contributed by atoms with Crippen molar-refractivity contribution in [2.24, 2.45) is 0 Å². The number of hydrogen-bond donors (Lipinski definition) is 1. The van der Waals surface area contributed by atoms with Crippen LogP contribution in [0, 0.1) is 11.6 Å². The van der Waals surface area contributed by atoms with Gasteiger partial charge in [-0.1, -0.05) is 13.8 Å². The first kappa shape index (κ1) is 15.1. The number of thioether (sulfide) groups is 1. The lowest BCUT2D eigenvalue weighted by molar-refractivity contribution is 0.559. The van der Waals surface area contributed by atoms with E-state index in [-0.39, 0.29) is 5.69 Å². The van der Waals surface area contributed by atoms with E-state index in [2.05, 4.69) is 19.2 Å². The average molecular weight is 312 g/mol. The summed E-state index contributed by atoms with van der Waals surface area (Å²) in [4.78, 5) is 1.86. The third-order valence-electron chi connectivity index (χ3n) is 3.98. The van der Waals surface area contributed by atoms with Crippen molar-refractivity contribution in [3.63, 3.8) is 0 Å². The molecule has 1 aromatic carbocycles. The Labute approximate surface area is 129 Å². The predicted molar refractivity (Wildman–Crippen MR) is 84.9 cm³/mol. The maximum atomic E-state index is 14.4. The molecule has 2 atom stereocenters. The van der Waals surface area contributed by atoms with Crippen LogP contribution in [-0.2, 0) is 6.54 Å². The molecule has 0 amide bonds. The molecule has 1 heterocycles. The van der Waals surface area contributed by atoms with Crippen molar-refractivity contribution in [3.05, 3.63) is 29.3 Å². The van der Waals surface area contributed by atoms with Gasteiger partial charge in [-0.2, -0.15) is 11.8 Å². The monoisotopic (exact) mass is 312 g/mol. The van der Waals surface area contributed by atoms with E-state index in [1.807, 2.05) is 16.7 Å². The lowest BCUT2D eigenvalue weighted by Crippen LogP contribution is -2.41. The summed E-state index contributed by atoms with van der Waals surface area (Å²) in [7, 11) is 0. The summed E-state index contributed by atoms with van der Waals surface area (Å²) < 4.78 is 28.7. The van der Waals surface area contributed by atoms with Gasteiger partial charge in [-0.3, -0.25) is 0 Å². The number of anilines is 1. The zero-order valence-electron chi connectivity index (χ0n) is 12.5. The molecule has 0 spiro atoms. The highest BCUT2D eigenvalue weighted by molar-refractivity contribution is 8.00. The van der Waals surface area contributed by atoms with Gasteiger partial charge < -0.3 is 10.2 Å². The summed E-state index contributed by atoms with van der Waals surface area (Å²) in [5, 5.41) is 4.07. The number of rotatable bonds is 4. The number of benzene rings is 1. The quantitative estimate of drug-likeness (QED) is 0.915. The minimum Gasteiger partial charge on any atom is -0.365 e. The van der Waals surface area contributed by atoms with E-state index in [0.717, 1.165) is 0 Å². The Hall–Kier alpha value is -0.810. The van der Waals surface area contributed by atoms with Gasteiger partial charge in [0.15, 0.2) is 0 Å². The highest BCUT2D eigenvalue weighted by atomic mass is 32.2. The summed E-state index contributed by atoms with van der Waals surface area (Å²) in [6.07, 6.45) is 2.34. The Kier molecular flexibility index (Phi) is 4.41. The van der Waals surface area contributed by atoms with E-state index in [1.54, 1.807) is 0 Å². The van der Waals surface area contributed by atoms with Gasteiger partial charge in [0, 0.05) is 36.2 Å². The van der Waals surface area contributed by atoms with Crippen LogP contribution >= 0.6 is 11.8 Å². The molecule has 116 valence electrons. The van der Waals surface area contributed by atoms with E-state index < -0.39 is 11.6 Å². The average Bonchev–Trinajstić information content (AvgIpc) is 3.18. The molecule has 3 rings (SSSR count). The van der Waals surface area contributed by atoms with E-state index in [9.17, 15) is 8.78 Å². The molecule has 1 aliphatic heterocycles. The van der Waals surface area contributed by atoms with Crippen LogP contribution < -0.4 is 10.2 Å². The fourth-order valence-corrected chi connectivity index (χ4v) is 4.26. The van der Waals surface area contributed by atoms with Crippen LogP contribution in [0.1, 0.15) is 32.3 Å². The van der Waals surface area contributed by atoms with Crippen LogP contribution in [0.25, 0.3) is 0 Å². The molecular weight excluding hydrogens is 290 g/mol. The molecule has 21 heavy (non-hydrogen) atoms. The van der Waals surface area contributed by atoms with Crippen molar-refractivity contribution in [2.45, 2.75) is 49.8 Å². The first-order chi connectivity index (χ1) is 10.0. The Morgan fingerprint density at radius 3 is 2.24 bits per heavy atom. The maximum absolute atomic E-state index is 14.4. The van der Waals surface area contributed by atoms with Crippen molar-refractivity contribution >= 4 is 17.4 Å². The van der Waals surface area contributed by atoms with Gasteiger partial charge in [-0.25, -0.2) is 8.78 Å². The molecule has 1 saturated carbocycles. The zero-order chi connectivity index (χ0) is 15.0. The molecule has 2 aliphatic rings. The second-order valence-corrected chi connectivity index (χ2v) is 8.11. The Balaban J connectivity index is 1.77. The zero-order valence-corrected chi connectivity index (χ0v) is 13.4. The minimum atomic E-state index is -0.436. The van der Waals surface area contributed by atoms with Gasteiger partial charge in [0.05, 0.1) is 0 Å². The molecule has 2 fully saturated rings. The van der Waals surface area contributed by atoms with Gasteiger partial charge in [0.1, 0.15) is 17.3 Å². The van der Waals surface area contributed by atoms with E-state index in [1.165, 1.54) is 25.0 Å². The Morgan fingerprint density at radius 1 is 1.14 bits per heavy atom. The van der Waals surface area contributed by atoms with Crippen LogP contribution in [-0.4, -0.2) is 29.6 Å². The standard InChI is InChI=1S/C16H22F2N2S/c1-10-8-20(9-11(2)21-10)16-14(17)5-12(6-15(16)18)7-19-13-3-4-13/h5-6,10-11,13,19H,3-4,7-9H2,1-2H3. The second-order valence-electron chi connectivity index (χ2n) is 6.23. The fraction of sp³-hybridized carbons (Fsp3) is 0.625. The van der Waals surface area contributed by atoms with Crippen LogP contribution in [0.15, 0.2) is 12.1 Å². The Bertz CT molecular complexity index is 486. The molecule has 1 saturated heterocycles. The highest BCUT2D eigenvalue weighted by Crippen LogP contribution is 2.32. The van der Waals surface area contributed by atoms with Gasteiger partial charge >= 0.3 is 0 Å². The van der Waals surface area contributed by atoms with Gasteiger partial charge in [-0.05, 0) is 30.5 Å². The largest absolute Gasteiger partial charge is 0.365 e. The van der Waals surface area contributed by atoms with Crippen LogP contribution in [0.3, 0.4) is 0 Å². The van der Waals surface area contributed by atoms with Crippen LogP contribution in [0.2, 0.25) is 0 Å². The van der Waals surface area contributed by atoms with E-state index >= 15 is 0 Å². The normalized spacial score (nSPS) is 26.2. The van der Waals surface area contributed by atoms with E-state index in [4.69, 9.17) is 0 Å². The minimum absolute atomic E-state index is 0.143. The lowest BCUT2D eigenvalue weighted by Gasteiger charge is -2.36. The second kappa shape index (κ2) is 6.13. The van der Waals surface area contributed by atoms with E-state index in [0.29, 0.717) is 41.7 Å². The first-order valence-electron chi connectivity index (χ1n) is 7.64. The molecule has 1 aromatic rings. The molecule has 2 nitrogen and oxygen atoms in total. The summed E-state index contributed by atoms with van der Waals surface area (Å²) >= 11 is 1.88. The number of nitrogens with one attached hydrogen (secondary N) is 1. The summed E-state index contributed by atoms with van der Waals surface area (Å²) in [6.45, 7) is 6.15. The van der Waals surface area contributed by atoms with Gasteiger partial charge in [-0.15, -0.1) is 0 Å². The smallest absolute Gasteiger partial charge is 0.149 e.